The zero-order valence-electron chi connectivity index (χ0n) is 20.2. The van der Waals surface area contributed by atoms with Crippen LogP contribution in [0.3, 0.4) is 0 Å². The molecule has 3 aromatic rings. The Morgan fingerprint density at radius 1 is 1.14 bits per heavy atom. The fraction of sp³-hybridized carbons (Fsp3) is 0.385. The second-order valence-corrected chi connectivity index (χ2v) is 8.84. The highest BCUT2D eigenvalue weighted by Gasteiger charge is 2.35. The third-order valence-electron chi connectivity index (χ3n) is 6.59. The largest absolute Gasteiger partial charge is 0.493 e. The number of hydrogen-bond acceptors (Lipinski definition) is 7. The summed E-state index contributed by atoms with van der Waals surface area (Å²) in [5.41, 5.74) is 2.61. The Kier molecular flexibility index (Phi) is 6.39. The number of nitrogens with one attached hydrogen (secondary N) is 1. The lowest BCUT2D eigenvalue weighted by molar-refractivity contribution is -0.116. The van der Waals surface area contributed by atoms with Gasteiger partial charge in [-0.05, 0) is 44.4 Å². The van der Waals surface area contributed by atoms with Gasteiger partial charge in [-0.2, -0.15) is 9.78 Å². The number of hydrogen-bond donors (Lipinski definition) is 1. The summed E-state index contributed by atoms with van der Waals surface area (Å²) in [5.74, 6) is 2.92. The van der Waals surface area contributed by atoms with E-state index in [4.69, 9.17) is 14.6 Å². The molecule has 182 valence electrons. The van der Waals surface area contributed by atoms with Gasteiger partial charge >= 0.3 is 0 Å². The van der Waals surface area contributed by atoms with Gasteiger partial charge in [0, 0.05) is 36.6 Å². The van der Waals surface area contributed by atoms with Gasteiger partial charge in [0.15, 0.2) is 23.1 Å². The van der Waals surface area contributed by atoms with Crippen molar-refractivity contribution in [3.05, 3.63) is 59.8 Å². The molecule has 9 heteroatoms. The number of rotatable bonds is 7. The van der Waals surface area contributed by atoms with Gasteiger partial charge in [0.1, 0.15) is 12.4 Å². The highest BCUT2D eigenvalue weighted by atomic mass is 16.5. The quantitative estimate of drug-likeness (QED) is 0.517. The molecule has 0 saturated carbocycles. The highest BCUT2D eigenvalue weighted by Crippen LogP contribution is 2.45. The first-order valence-corrected chi connectivity index (χ1v) is 12.0. The summed E-state index contributed by atoms with van der Waals surface area (Å²) in [6.07, 6.45) is 5.56. The van der Waals surface area contributed by atoms with Crippen molar-refractivity contribution in [3.63, 3.8) is 0 Å². The van der Waals surface area contributed by atoms with Crippen molar-refractivity contribution in [2.24, 2.45) is 0 Å². The number of aryl methyl sites for hydroxylation is 1. The zero-order chi connectivity index (χ0) is 24.4. The predicted octanol–water partition coefficient (Wildman–Crippen LogP) is 4.01. The van der Waals surface area contributed by atoms with Gasteiger partial charge in [0.05, 0.1) is 12.8 Å². The Hall–Kier alpha value is -3.88. The average molecular weight is 475 g/mol. The molecule has 0 bridgehead atoms. The summed E-state index contributed by atoms with van der Waals surface area (Å²) in [7, 11) is 1.61. The normalized spacial score (nSPS) is 17.5. The molecule has 2 aliphatic heterocycles. The predicted molar refractivity (Wildman–Crippen MR) is 134 cm³/mol. The Bertz CT molecular complexity index is 1230. The highest BCUT2D eigenvalue weighted by molar-refractivity contribution is 5.95. The van der Waals surface area contributed by atoms with Crippen molar-refractivity contribution in [1.29, 1.82) is 0 Å². The minimum absolute atomic E-state index is 0.0981. The Morgan fingerprint density at radius 3 is 2.63 bits per heavy atom. The smallest absolute Gasteiger partial charge is 0.226 e. The first-order chi connectivity index (χ1) is 17.1. The van der Waals surface area contributed by atoms with Crippen LogP contribution in [0.2, 0.25) is 0 Å². The molecule has 9 nitrogen and oxygen atoms in total. The van der Waals surface area contributed by atoms with Crippen LogP contribution in [0, 0.1) is 6.92 Å². The van der Waals surface area contributed by atoms with Gasteiger partial charge in [-0.3, -0.25) is 4.79 Å². The third kappa shape index (κ3) is 4.34. The number of nitrogens with zero attached hydrogens (tertiary/aromatic N) is 5. The molecular formula is C26H30N6O3. The lowest BCUT2D eigenvalue weighted by Gasteiger charge is -2.27. The summed E-state index contributed by atoms with van der Waals surface area (Å²) in [6.45, 7) is 8.02. The Morgan fingerprint density at radius 2 is 1.91 bits per heavy atom. The molecule has 1 saturated heterocycles. The van der Waals surface area contributed by atoms with Crippen LogP contribution in [0.5, 0.6) is 11.5 Å². The molecular weight excluding hydrogens is 444 g/mol. The average Bonchev–Trinajstić information content (AvgIpc) is 3.23. The van der Waals surface area contributed by atoms with Crippen LogP contribution in [0.4, 0.5) is 11.6 Å². The van der Waals surface area contributed by atoms with E-state index >= 15 is 0 Å². The van der Waals surface area contributed by atoms with Crippen molar-refractivity contribution in [3.8, 4) is 17.3 Å². The fourth-order valence-electron chi connectivity index (χ4n) is 4.97. The molecule has 35 heavy (non-hydrogen) atoms. The van der Waals surface area contributed by atoms with Gasteiger partial charge in [-0.1, -0.05) is 24.8 Å². The van der Waals surface area contributed by atoms with E-state index in [1.165, 1.54) is 19.3 Å². The van der Waals surface area contributed by atoms with Gasteiger partial charge in [-0.15, -0.1) is 10.2 Å². The van der Waals surface area contributed by atoms with Crippen LogP contribution >= 0.6 is 0 Å². The number of para-hydroxylation sites is 1. The van der Waals surface area contributed by atoms with Crippen molar-refractivity contribution in [1.82, 2.24) is 20.0 Å². The summed E-state index contributed by atoms with van der Waals surface area (Å²) in [4.78, 5) is 15.1. The van der Waals surface area contributed by atoms with E-state index in [9.17, 15) is 4.79 Å². The van der Waals surface area contributed by atoms with E-state index in [-0.39, 0.29) is 18.2 Å². The maximum atomic E-state index is 12.9. The van der Waals surface area contributed by atoms with E-state index < -0.39 is 0 Å². The third-order valence-corrected chi connectivity index (χ3v) is 6.59. The molecule has 2 aromatic heterocycles. The van der Waals surface area contributed by atoms with Crippen LogP contribution in [0.25, 0.3) is 5.82 Å². The first-order valence-electron chi connectivity index (χ1n) is 12.0. The molecule has 2 aliphatic rings. The molecule has 4 heterocycles. The van der Waals surface area contributed by atoms with Crippen molar-refractivity contribution < 1.29 is 14.3 Å². The first kappa shape index (κ1) is 22.9. The lowest BCUT2D eigenvalue weighted by Crippen LogP contribution is -2.30. The molecule has 1 amide bonds. The van der Waals surface area contributed by atoms with E-state index in [2.05, 4.69) is 27.0 Å². The molecule has 1 fully saturated rings. The number of amides is 1. The minimum Gasteiger partial charge on any atom is -0.493 e. The number of carbonyl (C=O) groups is 1. The van der Waals surface area contributed by atoms with Crippen LogP contribution < -0.4 is 19.7 Å². The maximum absolute atomic E-state index is 12.9. The second kappa shape index (κ2) is 9.77. The van der Waals surface area contributed by atoms with Gasteiger partial charge < -0.3 is 19.7 Å². The summed E-state index contributed by atoms with van der Waals surface area (Å²) in [6, 6.07) is 9.61. The van der Waals surface area contributed by atoms with Gasteiger partial charge in [0.2, 0.25) is 5.91 Å². The molecule has 5 rings (SSSR count). The van der Waals surface area contributed by atoms with E-state index in [0.29, 0.717) is 29.7 Å². The zero-order valence-corrected chi connectivity index (χ0v) is 20.2. The monoisotopic (exact) mass is 474 g/mol. The number of anilines is 2. The number of carbonyl (C=O) groups excluding carboxylic acids is 1. The molecule has 0 spiro atoms. The standard InChI is InChI=1S/C26H30N6O3/c1-4-15-35-25-18(9-8-10-20(25)34-3)19-16-23(33)27-26-24(19)17(2)30-32(26)22-12-11-21(28-29-22)31-13-6-5-7-14-31/h4,8-12,19H,1,5-7,13-16H2,2-3H3,(H,27,33)/t19-/m0/s1. The topological polar surface area (TPSA) is 94.4 Å². The maximum Gasteiger partial charge on any atom is 0.226 e. The number of methoxy groups -OCH3 is 1. The number of aromatic nitrogens is 4. The van der Waals surface area contributed by atoms with Crippen molar-refractivity contribution in [2.45, 2.75) is 38.5 Å². The molecule has 1 atom stereocenters. The van der Waals surface area contributed by atoms with Gasteiger partial charge in [-0.25, -0.2) is 0 Å². The SMILES string of the molecule is C=CCOc1c(OC)cccc1[C@@H]1CC(=O)Nc2c1c(C)nn2-c1ccc(N2CCCCC2)nn1. The van der Waals surface area contributed by atoms with Crippen molar-refractivity contribution in [2.75, 3.05) is 37.0 Å². The van der Waals surface area contributed by atoms with Crippen LogP contribution in [0.15, 0.2) is 43.0 Å². The number of piperidine rings is 1. The number of fused-ring (bicyclic) bond motifs is 1. The molecule has 1 aromatic carbocycles. The van der Waals surface area contributed by atoms with E-state index in [0.717, 1.165) is 35.7 Å². The van der Waals surface area contributed by atoms with E-state index in [1.807, 2.05) is 37.3 Å². The molecule has 0 radical (unpaired) electrons. The number of ether oxygens (including phenoxy) is 2. The van der Waals surface area contributed by atoms with E-state index in [1.54, 1.807) is 17.9 Å². The summed E-state index contributed by atoms with van der Waals surface area (Å²) < 4.78 is 13.2. The molecule has 0 aliphatic carbocycles. The second-order valence-electron chi connectivity index (χ2n) is 8.84. The Labute approximate surface area is 204 Å². The van der Waals surface area contributed by atoms with Crippen molar-refractivity contribution >= 4 is 17.5 Å². The number of benzene rings is 1. The Balaban J connectivity index is 1.54. The van der Waals surface area contributed by atoms with Gasteiger partial charge in [0.25, 0.3) is 0 Å². The van der Waals surface area contributed by atoms with Crippen LogP contribution in [-0.2, 0) is 4.79 Å². The summed E-state index contributed by atoms with van der Waals surface area (Å²) in [5, 5.41) is 16.7. The minimum atomic E-state index is -0.247. The molecule has 0 unspecified atom stereocenters. The lowest BCUT2D eigenvalue weighted by atomic mass is 9.85. The van der Waals surface area contributed by atoms with Crippen LogP contribution in [-0.4, -0.2) is 52.7 Å². The van der Waals surface area contributed by atoms with Crippen LogP contribution in [0.1, 0.15) is 48.4 Å². The fourth-order valence-corrected chi connectivity index (χ4v) is 4.97. The molecule has 1 N–H and O–H groups in total. The summed E-state index contributed by atoms with van der Waals surface area (Å²) >= 11 is 0.